The van der Waals surface area contributed by atoms with Crippen molar-refractivity contribution in [3.63, 3.8) is 0 Å². The fourth-order valence-corrected chi connectivity index (χ4v) is 2.69. The van der Waals surface area contributed by atoms with Crippen LogP contribution in [0, 0.1) is 0 Å². The number of rotatable bonds is 9. The number of nitrogens with zero attached hydrogens (tertiary/aromatic N) is 3. The summed E-state index contributed by atoms with van der Waals surface area (Å²) in [5.74, 6) is 2.65. The molecule has 1 aromatic heterocycles. The molecule has 158 valence electrons. The number of methoxy groups -OCH3 is 3. The van der Waals surface area contributed by atoms with E-state index < -0.39 is 0 Å². The molecule has 0 aliphatic carbocycles. The quantitative estimate of drug-likeness (QED) is 0.528. The molecule has 1 heterocycles. The number of hydrogen-bond acceptors (Lipinski definition) is 8. The first kappa shape index (κ1) is 21.0. The summed E-state index contributed by atoms with van der Waals surface area (Å²) >= 11 is 0. The Morgan fingerprint density at radius 1 is 1.00 bits per heavy atom. The highest BCUT2D eigenvalue weighted by atomic mass is 16.5. The smallest absolute Gasteiger partial charge is 0.260 e. The molecule has 1 amide bonds. The summed E-state index contributed by atoms with van der Waals surface area (Å²) in [6.07, 6.45) is 0. The van der Waals surface area contributed by atoms with Crippen molar-refractivity contribution in [2.24, 2.45) is 0 Å². The zero-order valence-electron chi connectivity index (χ0n) is 17.2. The minimum atomic E-state index is -0.248. The van der Waals surface area contributed by atoms with Crippen LogP contribution in [0.5, 0.6) is 23.0 Å². The molecule has 0 radical (unpaired) electrons. The van der Waals surface area contributed by atoms with Gasteiger partial charge in [0.2, 0.25) is 11.7 Å². The Balaban J connectivity index is 1.63. The lowest BCUT2D eigenvalue weighted by Gasteiger charge is -2.16. The zero-order chi connectivity index (χ0) is 21.5. The second-order valence-electron chi connectivity index (χ2n) is 6.27. The van der Waals surface area contributed by atoms with Crippen molar-refractivity contribution in [2.45, 2.75) is 6.54 Å². The second-order valence-corrected chi connectivity index (χ2v) is 6.27. The molecule has 2 aromatic carbocycles. The molecule has 0 unspecified atom stereocenters. The van der Waals surface area contributed by atoms with Crippen LogP contribution in [-0.4, -0.2) is 55.9 Å². The van der Waals surface area contributed by atoms with E-state index in [1.807, 2.05) is 6.07 Å². The third-order valence-corrected chi connectivity index (χ3v) is 4.34. The summed E-state index contributed by atoms with van der Waals surface area (Å²) in [7, 11) is 6.30. The maximum absolute atomic E-state index is 12.4. The highest BCUT2D eigenvalue weighted by Gasteiger charge is 2.18. The first-order valence-electron chi connectivity index (χ1n) is 9.10. The number of carbonyl (C=O) groups excluding carboxylic acids is 1. The van der Waals surface area contributed by atoms with Crippen molar-refractivity contribution < 1.29 is 28.3 Å². The lowest BCUT2D eigenvalue weighted by molar-refractivity contribution is -0.132. The van der Waals surface area contributed by atoms with Crippen molar-refractivity contribution in [1.82, 2.24) is 15.0 Å². The number of likely N-dealkylation sites (N-methyl/N-ethyl adjacent to an activating group) is 1. The predicted octanol–water partition coefficient (Wildman–Crippen LogP) is 2.80. The molecule has 3 aromatic rings. The van der Waals surface area contributed by atoms with Crippen molar-refractivity contribution in [3.05, 3.63) is 48.4 Å². The van der Waals surface area contributed by atoms with Crippen molar-refractivity contribution >= 4 is 5.91 Å². The Morgan fingerprint density at radius 3 is 2.43 bits per heavy atom. The molecule has 0 fully saturated rings. The summed E-state index contributed by atoms with van der Waals surface area (Å²) in [5.41, 5.74) is 0.654. The topological polar surface area (TPSA) is 96.2 Å². The van der Waals surface area contributed by atoms with Gasteiger partial charge in [0, 0.05) is 13.1 Å². The molecule has 9 heteroatoms. The van der Waals surface area contributed by atoms with Crippen LogP contribution in [-0.2, 0) is 11.3 Å². The van der Waals surface area contributed by atoms with Crippen LogP contribution in [0.15, 0.2) is 47.0 Å². The number of benzene rings is 2. The van der Waals surface area contributed by atoms with Crippen LogP contribution >= 0.6 is 0 Å². The van der Waals surface area contributed by atoms with Gasteiger partial charge in [0.05, 0.1) is 33.4 Å². The van der Waals surface area contributed by atoms with E-state index in [0.29, 0.717) is 34.4 Å². The molecule has 0 saturated carbocycles. The van der Waals surface area contributed by atoms with Crippen LogP contribution in [0.3, 0.4) is 0 Å². The van der Waals surface area contributed by atoms with Gasteiger partial charge >= 0.3 is 0 Å². The zero-order valence-corrected chi connectivity index (χ0v) is 17.2. The van der Waals surface area contributed by atoms with Crippen molar-refractivity contribution in [2.75, 3.05) is 35.0 Å². The molecule has 0 saturated heterocycles. The van der Waals surface area contributed by atoms with Gasteiger partial charge in [-0.05, 0) is 24.3 Å². The normalized spacial score (nSPS) is 10.4. The summed E-state index contributed by atoms with van der Waals surface area (Å²) in [5, 5.41) is 3.99. The Hall–Kier alpha value is -3.75. The maximum atomic E-state index is 12.4. The molecule has 0 bridgehead atoms. The minimum absolute atomic E-state index is 0.138. The van der Waals surface area contributed by atoms with Crippen molar-refractivity contribution in [1.29, 1.82) is 0 Å². The number of ether oxygens (including phenoxy) is 4. The third kappa shape index (κ3) is 4.80. The van der Waals surface area contributed by atoms with Gasteiger partial charge in [0.25, 0.3) is 5.91 Å². The minimum Gasteiger partial charge on any atom is -0.497 e. The van der Waals surface area contributed by atoms with E-state index in [2.05, 4.69) is 10.1 Å². The second kappa shape index (κ2) is 9.64. The number of hydrogen-bond donors (Lipinski definition) is 0. The number of amides is 1. The Morgan fingerprint density at radius 2 is 1.73 bits per heavy atom. The fourth-order valence-electron chi connectivity index (χ4n) is 2.69. The lowest BCUT2D eigenvalue weighted by atomic mass is 10.2. The van der Waals surface area contributed by atoms with Crippen LogP contribution in [0.25, 0.3) is 11.4 Å². The monoisotopic (exact) mass is 413 g/mol. The van der Waals surface area contributed by atoms with Gasteiger partial charge < -0.3 is 28.4 Å². The molecule has 3 rings (SSSR count). The number of aromatic nitrogens is 2. The fraction of sp³-hybridized carbons (Fsp3) is 0.286. The van der Waals surface area contributed by atoms with Crippen LogP contribution in [0.1, 0.15) is 5.89 Å². The van der Waals surface area contributed by atoms with Gasteiger partial charge in [-0.15, -0.1) is 0 Å². The molecule has 30 heavy (non-hydrogen) atoms. The Kier molecular flexibility index (Phi) is 6.74. The summed E-state index contributed by atoms with van der Waals surface area (Å²) in [6, 6.07) is 12.4. The summed E-state index contributed by atoms with van der Waals surface area (Å²) in [6.45, 7) is -0.0102. The summed E-state index contributed by atoms with van der Waals surface area (Å²) in [4.78, 5) is 18.2. The van der Waals surface area contributed by atoms with E-state index in [1.165, 1.54) is 4.90 Å². The lowest BCUT2D eigenvalue weighted by Crippen LogP contribution is -2.31. The SMILES string of the molecule is COc1ccc(-c2noc(CN(C)C(=O)COc3ccccc3OC)n2)c(OC)c1. The summed E-state index contributed by atoms with van der Waals surface area (Å²) < 4.78 is 26.6. The van der Waals surface area contributed by atoms with Crippen LogP contribution < -0.4 is 18.9 Å². The van der Waals surface area contributed by atoms with Gasteiger partial charge in [-0.3, -0.25) is 4.79 Å². The van der Waals surface area contributed by atoms with Gasteiger partial charge in [-0.25, -0.2) is 0 Å². The maximum Gasteiger partial charge on any atom is 0.260 e. The standard InChI is InChI=1S/C21H23N3O6/c1-24(20(25)13-29-17-8-6-5-7-16(17)27-3)12-19-22-21(23-30-19)15-10-9-14(26-2)11-18(15)28-4/h5-11H,12-13H2,1-4H3. The van der Waals surface area contributed by atoms with E-state index >= 15 is 0 Å². The van der Waals surface area contributed by atoms with Gasteiger partial charge in [-0.2, -0.15) is 4.98 Å². The molecule has 0 aliphatic rings. The average Bonchev–Trinajstić information content (AvgIpc) is 3.25. The molecular formula is C21H23N3O6. The third-order valence-electron chi connectivity index (χ3n) is 4.34. The van der Waals surface area contributed by atoms with Crippen LogP contribution in [0.4, 0.5) is 0 Å². The van der Waals surface area contributed by atoms with Crippen LogP contribution in [0.2, 0.25) is 0 Å². The van der Waals surface area contributed by atoms with E-state index in [1.54, 1.807) is 64.8 Å². The molecule has 0 N–H and O–H groups in total. The molecule has 0 atom stereocenters. The highest BCUT2D eigenvalue weighted by Crippen LogP contribution is 2.31. The van der Waals surface area contributed by atoms with E-state index in [-0.39, 0.29) is 24.9 Å². The van der Waals surface area contributed by atoms with E-state index in [9.17, 15) is 4.79 Å². The number of para-hydroxylation sites is 2. The Bertz CT molecular complexity index is 1000. The van der Waals surface area contributed by atoms with Gasteiger partial charge in [-0.1, -0.05) is 17.3 Å². The average molecular weight is 413 g/mol. The largest absolute Gasteiger partial charge is 0.497 e. The predicted molar refractivity (Wildman–Crippen MR) is 108 cm³/mol. The molecule has 0 aliphatic heterocycles. The van der Waals surface area contributed by atoms with Gasteiger partial charge in [0.1, 0.15) is 11.5 Å². The van der Waals surface area contributed by atoms with Crippen molar-refractivity contribution in [3.8, 4) is 34.4 Å². The number of carbonyl (C=O) groups is 1. The molecular weight excluding hydrogens is 390 g/mol. The van der Waals surface area contributed by atoms with E-state index in [0.717, 1.165) is 0 Å². The van der Waals surface area contributed by atoms with E-state index in [4.69, 9.17) is 23.5 Å². The molecule has 9 nitrogen and oxygen atoms in total. The highest BCUT2D eigenvalue weighted by molar-refractivity contribution is 5.77. The first-order valence-corrected chi connectivity index (χ1v) is 9.10. The Labute approximate surface area is 174 Å². The molecule has 0 spiro atoms. The van der Waals surface area contributed by atoms with Gasteiger partial charge in [0.15, 0.2) is 18.1 Å². The first-order chi connectivity index (χ1) is 14.5.